The van der Waals surface area contributed by atoms with Crippen LogP contribution in [0.2, 0.25) is 9.36 Å². The average molecular weight is 452 g/mol. The minimum absolute atomic E-state index is 0.206. The highest BCUT2D eigenvalue weighted by Crippen LogP contribution is 2.38. The van der Waals surface area contributed by atoms with Gasteiger partial charge in [0.2, 0.25) is 0 Å². The van der Waals surface area contributed by atoms with Gasteiger partial charge in [-0.05, 0) is 25.6 Å². The Labute approximate surface area is 169 Å². The smallest absolute Gasteiger partial charge is 0.300 e. The van der Waals surface area contributed by atoms with E-state index in [9.17, 15) is 18.5 Å². The summed E-state index contributed by atoms with van der Waals surface area (Å²) in [5, 5.41) is 14.4. The fraction of sp³-hybridized carbons (Fsp3) is 0.333. The van der Waals surface area contributed by atoms with Crippen LogP contribution in [0.5, 0.6) is 5.75 Å². The van der Waals surface area contributed by atoms with Crippen LogP contribution in [0.25, 0.3) is 0 Å². The van der Waals surface area contributed by atoms with Crippen molar-refractivity contribution in [2.45, 2.75) is 23.2 Å². The summed E-state index contributed by atoms with van der Waals surface area (Å²) in [6, 6.07) is 5.40. The van der Waals surface area contributed by atoms with Crippen molar-refractivity contribution in [3.05, 3.63) is 43.7 Å². The van der Waals surface area contributed by atoms with Crippen LogP contribution < -0.4 is 14.8 Å². The van der Waals surface area contributed by atoms with Crippen molar-refractivity contribution in [1.29, 1.82) is 0 Å². The Balaban J connectivity index is 1.85. The monoisotopic (exact) mass is 451 g/mol. The van der Waals surface area contributed by atoms with Crippen LogP contribution in [-0.2, 0) is 10.0 Å². The van der Waals surface area contributed by atoms with Crippen LogP contribution >= 0.6 is 34.5 Å². The Hall–Kier alpha value is -1.59. The van der Waals surface area contributed by atoms with E-state index in [1.54, 1.807) is 0 Å². The Kier molecular flexibility index (Phi) is 5.55. The molecule has 1 atom stereocenters. The van der Waals surface area contributed by atoms with Gasteiger partial charge in [0.05, 0.1) is 15.6 Å². The maximum atomic E-state index is 12.5. The third kappa shape index (κ3) is 4.46. The topological polar surface area (TPSA) is 111 Å². The van der Waals surface area contributed by atoms with Crippen molar-refractivity contribution in [1.82, 2.24) is 5.32 Å². The molecule has 12 heteroatoms. The highest BCUT2D eigenvalue weighted by Gasteiger charge is 2.31. The molecule has 0 spiro atoms. The van der Waals surface area contributed by atoms with Gasteiger partial charge in [0, 0.05) is 25.1 Å². The van der Waals surface area contributed by atoms with Crippen LogP contribution in [0, 0.1) is 10.1 Å². The fourth-order valence-electron chi connectivity index (χ4n) is 2.59. The fourth-order valence-corrected chi connectivity index (χ4v) is 5.46. The van der Waals surface area contributed by atoms with E-state index in [4.69, 9.17) is 27.9 Å². The second kappa shape index (κ2) is 7.44. The number of nitrogens with one attached hydrogen (secondary N) is 2. The zero-order valence-electron chi connectivity index (χ0n) is 14.0. The molecule has 1 saturated heterocycles. The molecule has 2 N–H and O–H groups in total. The molecule has 1 aromatic heterocycles. The lowest BCUT2D eigenvalue weighted by atomic mass is 10.1. The molecule has 2 heterocycles. The largest absolute Gasteiger partial charge is 0.485 e. The molecule has 3 rings (SSSR count). The van der Waals surface area contributed by atoms with Gasteiger partial charge in [-0.3, -0.25) is 14.8 Å². The number of thiophene rings is 1. The molecule has 0 unspecified atom stereocenters. The van der Waals surface area contributed by atoms with Gasteiger partial charge in [0.25, 0.3) is 15.7 Å². The number of nitrogens with zero attached hydrogens (tertiary/aromatic N) is 1. The quantitative estimate of drug-likeness (QED) is 0.508. The van der Waals surface area contributed by atoms with Crippen molar-refractivity contribution in [2.75, 3.05) is 17.8 Å². The Morgan fingerprint density at radius 2 is 2.11 bits per heavy atom. The standard InChI is InChI=1S/C15H15Cl2N3O5S2/c1-15(4-5-18-8-15)25-12-6-9(2-3-10(12)16)19-27(23,24)13-7-11(20(21)22)14(17)26-13/h2-3,6-7,18-19H,4-5,8H2,1H3/t15-/m1/s1. The van der Waals surface area contributed by atoms with E-state index in [0.717, 1.165) is 19.0 Å². The number of sulfonamides is 1. The summed E-state index contributed by atoms with van der Waals surface area (Å²) in [5.74, 6) is 0.346. The third-order valence-electron chi connectivity index (χ3n) is 3.98. The molecule has 1 aliphatic heterocycles. The van der Waals surface area contributed by atoms with E-state index in [-0.39, 0.29) is 14.2 Å². The van der Waals surface area contributed by atoms with Gasteiger partial charge in [-0.2, -0.15) is 0 Å². The maximum Gasteiger partial charge on any atom is 0.300 e. The average Bonchev–Trinajstić information content (AvgIpc) is 3.17. The van der Waals surface area contributed by atoms with Crippen molar-refractivity contribution in [2.24, 2.45) is 0 Å². The zero-order valence-corrected chi connectivity index (χ0v) is 17.1. The summed E-state index contributed by atoms with van der Waals surface area (Å²) in [6.07, 6.45) is 0.788. The molecule has 2 aromatic rings. The molecule has 0 saturated carbocycles. The van der Waals surface area contributed by atoms with Crippen LogP contribution in [0.3, 0.4) is 0 Å². The van der Waals surface area contributed by atoms with Gasteiger partial charge in [0.15, 0.2) is 4.34 Å². The second-order valence-electron chi connectivity index (χ2n) is 6.21. The summed E-state index contributed by atoms with van der Waals surface area (Å²) in [4.78, 5) is 10.1. The van der Waals surface area contributed by atoms with Crippen molar-refractivity contribution in [3.63, 3.8) is 0 Å². The molecule has 0 amide bonds. The molecular weight excluding hydrogens is 437 g/mol. The SMILES string of the molecule is C[C@@]1(Oc2cc(NS(=O)(=O)c3cc([N+](=O)[O-])c(Cl)s3)ccc2Cl)CCNC1. The van der Waals surface area contributed by atoms with Crippen molar-refractivity contribution >= 4 is 55.9 Å². The van der Waals surface area contributed by atoms with Gasteiger partial charge in [0.1, 0.15) is 15.6 Å². The highest BCUT2D eigenvalue weighted by molar-refractivity contribution is 7.94. The van der Waals surface area contributed by atoms with Crippen molar-refractivity contribution < 1.29 is 18.1 Å². The van der Waals surface area contributed by atoms with Crippen LogP contribution in [0.4, 0.5) is 11.4 Å². The lowest BCUT2D eigenvalue weighted by Crippen LogP contribution is -2.34. The van der Waals surface area contributed by atoms with Gasteiger partial charge < -0.3 is 10.1 Å². The van der Waals surface area contributed by atoms with Crippen LogP contribution in [-0.4, -0.2) is 32.0 Å². The van der Waals surface area contributed by atoms with E-state index in [2.05, 4.69) is 10.0 Å². The Morgan fingerprint density at radius 1 is 1.37 bits per heavy atom. The number of ether oxygens (including phenoxy) is 1. The Morgan fingerprint density at radius 3 is 2.70 bits per heavy atom. The number of nitro groups is 1. The first-order valence-corrected chi connectivity index (χ1v) is 10.8. The molecule has 27 heavy (non-hydrogen) atoms. The molecule has 146 valence electrons. The van der Waals surface area contributed by atoms with E-state index < -0.39 is 26.2 Å². The predicted molar refractivity (Wildman–Crippen MR) is 105 cm³/mol. The summed E-state index contributed by atoms with van der Waals surface area (Å²) < 4.78 is 32.9. The number of halogens is 2. The normalized spacial score (nSPS) is 19.8. The van der Waals surface area contributed by atoms with Crippen molar-refractivity contribution in [3.8, 4) is 5.75 Å². The minimum atomic E-state index is -4.05. The first-order valence-electron chi connectivity index (χ1n) is 7.75. The number of hydrogen-bond acceptors (Lipinski definition) is 7. The Bertz CT molecular complexity index is 987. The number of rotatable bonds is 6. The molecule has 0 bridgehead atoms. The van der Waals surface area contributed by atoms with Crippen LogP contribution in [0.1, 0.15) is 13.3 Å². The highest BCUT2D eigenvalue weighted by atomic mass is 35.5. The lowest BCUT2D eigenvalue weighted by Gasteiger charge is -2.25. The number of hydrogen-bond donors (Lipinski definition) is 2. The summed E-state index contributed by atoms with van der Waals surface area (Å²) in [6.45, 7) is 3.40. The minimum Gasteiger partial charge on any atom is -0.485 e. The second-order valence-corrected chi connectivity index (χ2v) is 10.2. The van der Waals surface area contributed by atoms with E-state index in [1.165, 1.54) is 18.2 Å². The molecule has 1 aliphatic rings. The van der Waals surface area contributed by atoms with E-state index >= 15 is 0 Å². The van der Waals surface area contributed by atoms with Crippen LogP contribution in [0.15, 0.2) is 28.5 Å². The summed E-state index contributed by atoms with van der Waals surface area (Å²) in [7, 11) is -4.05. The zero-order chi connectivity index (χ0) is 19.8. The number of anilines is 1. The molecule has 0 radical (unpaired) electrons. The van der Waals surface area contributed by atoms with E-state index in [1.807, 2.05) is 6.92 Å². The van der Waals surface area contributed by atoms with Gasteiger partial charge in [-0.15, -0.1) is 11.3 Å². The lowest BCUT2D eigenvalue weighted by molar-refractivity contribution is -0.384. The predicted octanol–water partition coefficient (Wildman–Crippen LogP) is 3.89. The third-order valence-corrected chi connectivity index (χ3v) is 7.48. The first-order chi connectivity index (χ1) is 12.6. The van der Waals surface area contributed by atoms with Gasteiger partial charge in [-0.1, -0.05) is 23.2 Å². The van der Waals surface area contributed by atoms with E-state index in [0.29, 0.717) is 28.7 Å². The molecule has 0 aliphatic carbocycles. The maximum absolute atomic E-state index is 12.5. The van der Waals surface area contributed by atoms with Gasteiger partial charge in [-0.25, -0.2) is 8.42 Å². The molecule has 8 nitrogen and oxygen atoms in total. The van der Waals surface area contributed by atoms with Gasteiger partial charge >= 0.3 is 0 Å². The molecule has 1 fully saturated rings. The first kappa shape index (κ1) is 20.2. The molecular formula is C15H15Cl2N3O5S2. The summed E-state index contributed by atoms with van der Waals surface area (Å²) in [5.41, 5.74) is -0.678. The molecule has 1 aromatic carbocycles. The number of benzene rings is 1. The summed E-state index contributed by atoms with van der Waals surface area (Å²) >= 11 is 12.5.